The van der Waals surface area contributed by atoms with E-state index in [1.807, 2.05) is 6.92 Å². The van der Waals surface area contributed by atoms with Crippen LogP contribution < -0.4 is 4.72 Å². The first-order valence-electron chi connectivity index (χ1n) is 8.39. The van der Waals surface area contributed by atoms with E-state index in [0.29, 0.717) is 31.4 Å². The third-order valence-corrected chi connectivity index (χ3v) is 6.04. The lowest BCUT2D eigenvalue weighted by molar-refractivity contribution is -0.143. The van der Waals surface area contributed by atoms with E-state index in [1.165, 1.54) is 29.2 Å². The molecule has 1 saturated heterocycles. The number of nitrogens with zero attached hydrogens (tertiary/aromatic N) is 1. The number of amides is 1. The van der Waals surface area contributed by atoms with Crippen molar-refractivity contribution in [1.29, 1.82) is 0 Å². The Kier molecular flexibility index (Phi) is 6.18. The van der Waals surface area contributed by atoms with Gasteiger partial charge in [0.1, 0.15) is 0 Å². The number of likely N-dealkylation sites (tertiary alicyclic amines) is 1. The second-order valence-electron chi connectivity index (χ2n) is 6.38. The minimum absolute atomic E-state index is 0.103. The molecule has 1 fully saturated rings. The predicted molar refractivity (Wildman–Crippen MR) is 92.8 cm³/mol. The number of carbonyl (C=O) groups is 2. The van der Waals surface area contributed by atoms with Gasteiger partial charge in [-0.1, -0.05) is 6.92 Å². The molecule has 2 rings (SSSR count). The van der Waals surface area contributed by atoms with Crippen LogP contribution in [0.2, 0.25) is 0 Å². The van der Waals surface area contributed by atoms with Gasteiger partial charge in [-0.25, -0.2) is 13.1 Å². The van der Waals surface area contributed by atoms with Crippen molar-refractivity contribution in [2.24, 2.45) is 5.92 Å². The number of nitrogens with one attached hydrogen (secondary N) is 1. The summed E-state index contributed by atoms with van der Waals surface area (Å²) >= 11 is 0. The maximum absolute atomic E-state index is 12.5. The van der Waals surface area contributed by atoms with Gasteiger partial charge in [-0.2, -0.15) is 0 Å². The topological polar surface area (TPSA) is 104 Å². The Hall–Kier alpha value is -1.93. The van der Waals surface area contributed by atoms with Crippen LogP contribution in [-0.2, 0) is 14.8 Å². The van der Waals surface area contributed by atoms with Crippen molar-refractivity contribution in [3.05, 3.63) is 29.8 Å². The maximum Gasteiger partial charge on any atom is 0.308 e. The normalized spacial score (nSPS) is 19.4. The Labute approximate surface area is 148 Å². The zero-order valence-corrected chi connectivity index (χ0v) is 15.3. The quantitative estimate of drug-likeness (QED) is 0.795. The molecule has 138 valence electrons. The van der Waals surface area contributed by atoms with Crippen molar-refractivity contribution in [3.8, 4) is 0 Å². The van der Waals surface area contributed by atoms with Crippen LogP contribution in [0.3, 0.4) is 0 Å². The molecule has 0 aromatic heterocycles. The van der Waals surface area contributed by atoms with Gasteiger partial charge in [-0.05, 0) is 50.5 Å². The van der Waals surface area contributed by atoms with E-state index in [-0.39, 0.29) is 23.4 Å². The molecule has 8 heteroatoms. The average molecular weight is 368 g/mol. The van der Waals surface area contributed by atoms with Gasteiger partial charge in [0.15, 0.2) is 0 Å². The van der Waals surface area contributed by atoms with Gasteiger partial charge in [-0.3, -0.25) is 9.59 Å². The molecule has 1 amide bonds. The summed E-state index contributed by atoms with van der Waals surface area (Å²) in [6, 6.07) is 5.57. The summed E-state index contributed by atoms with van der Waals surface area (Å²) in [7, 11) is -3.61. The summed E-state index contributed by atoms with van der Waals surface area (Å²) in [4.78, 5) is 25.3. The van der Waals surface area contributed by atoms with E-state index in [4.69, 9.17) is 5.11 Å². The van der Waals surface area contributed by atoms with Crippen LogP contribution in [0.25, 0.3) is 0 Å². The molecule has 1 aromatic carbocycles. The molecule has 0 aliphatic carbocycles. The predicted octanol–water partition coefficient (Wildman–Crippen LogP) is 1.70. The van der Waals surface area contributed by atoms with Gasteiger partial charge >= 0.3 is 5.97 Å². The molecule has 25 heavy (non-hydrogen) atoms. The molecule has 0 radical (unpaired) electrons. The lowest BCUT2D eigenvalue weighted by atomic mass is 9.97. The van der Waals surface area contributed by atoms with E-state index < -0.39 is 21.9 Å². The second-order valence-corrected chi connectivity index (χ2v) is 8.10. The first-order valence-corrected chi connectivity index (χ1v) is 9.87. The van der Waals surface area contributed by atoms with E-state index >= 15 is 0 Å². The van der Waals surface area contributed by atoms with Crippen LogP contribution in [0.15, 0.2) is 29.2 Å². The highest BCUT2D eigenvalue weighted by atomic mass is 32.2. The SMILES string of the molecule is CCC(C)NS(=O)(=O)c1ccc(C(=O)N2CCC[C@H](C(=O)O)C2)cc1. The molecule has 0 bridgehead atoms. The van der Waals surface area contributed by atoms with Gasteiger partial charge in [-0.15, -0.1) is 0 Å². The van der Waals surface area contributed by atoms with Gasteiger partial charge < -0.3 is 10.0 Å². The molecule has 1 aliphatic rings. The maximum atomic E-state index is 12.5. The van der Waals surface area contributed by atoms with E-state index in [9.17, 15) is 18.0 Å². The first kappa shape index (κ1) is 19.4. The van der Waals surface area contributed by atoms with Crippen LogP contribution in [0.4, 0.5) is 0 Å². The third kappa shape index (κ3) is 4.79. The lowest BCUT2D eigenvalue weighted by Gasteiger charge is -2.30. The van der Waals surface area contributed by atoms with Crippen molar-refractivity contribution in [3.63, 3.8) is 0 Å². The number of piperidine rings is 1. The van der Waals surface area contributed by atoms with Gasteiger partial charge in [0.25, 0.3) is 5.91 Å². The van der Waals surface area contributed by atoms with Crippen molar-refractivity contribution >= 4 is 21.9 Å². The Morgan fingerprint density at radius 3 is 2.52 bits per heavy atom. The number of sulfonamides is 1. The van der Waals surface area contributed by atoms with Crippen molar-refractivity contribution in [2.75, 3.05) is 13.1 Å². The molecule has 7 nitrogen and oxygen atoms in total. The first-order chi connectivity index (χ1) is 11.7. The average Bonchev–Trinajstić information content (AvgIpc) is 2.60. The van der Waals surface area contributed by atoms with E-state index in [1.54, 1.807) is 6.92 Å². The zero-order valence-electron chi connectivity index (χ0n) is 14.4. The molecular formula is C17H24N2O5S. The highest BCUT2D eigenvalue weighted by Crippen LogP contribution is 2.20. The van der Waals surface area contributed by atoms with Gasteiger partial charge in [0.05, 0.1) is 10.8 Å². The number of carboxylic acids is 1. The van der Waals surface area contributed by atoms with Crippen LogP contribution in [0.5, 0.6) is 0 Å². The number of carbonyl (C=O) groups excluding carboxylic acids is 1. The van der Waals surface area contributed by atoms with E-state index in [2.05, 4.69) is 4.72 Å². The summed E-state index contributed by atoms with van der Waals surface area (Å²) in [5.41, 5.74) is 0.355. The van der Waals surface area contributed by atoms with Crippen LogP contribution >= 0.6 is 0 Å². The Bertz CT molecular complexity index is 730. The smallest absolute Gasteiger partial charge is 0.308 e. The van der Waals surface area contributed by atoms with Gasteiger partial charge in [0.2, 0.25) is 10.0 Å². The number of carboxylic acid groups (broad SMARTS) is 1. The molecule has 2 N–H and O–H groups in total. The van der Waals surface area contributed by atoms with Crippen LogP contribution in [0, 0.1) is 5.92 Å². The third-order valence-electron chi connectivity index (χ3n) is 4.44. The summed E-state index contributed by atoms with van der Waals surface area (Å²) in [6.07, 6.45) is 1.89. The summed E-state index contributed by atoms with van der Waals surface area (Å²) < 4.78 is 27.0. The fraction of sp³-hybridized carbons (Fsp3) is 0.529. The highest BCUT2D eigenvalue weighted by Gasteiger charge is 2.28. The van der Waals surface area contributed by atoms with Crippen LogP contribution in [0.1, 0.15) is 43.5 Å². The number of hydrogen-bond donors (Lipinski definition) is 2. The second kappa shape index (κ2) is 7.97. The number of aliphatic carboxylic acids is 1. The molecule has 1 unspecified atom stereocenters. The molecule has 1 heterocycles. The minimum atomic E-state index is -3.61. The summed E-state index contributed by atoms with van der Waals surface area (Å²) in [5.74, 6) is -1.71. The van der Waals surface area contributed by atoms with Crippen molar-refractivity contribution in [1.82, 2.24) is 9.62 Å². The fourth-order valence-electron chi connectivity index (χ4n) is 2.74. The van der Waals surface area contributed by atoms with Crippen molar-refractivity contribution in [2.45, 2.75) is 44.0 Å². The molecule has 1 aliphatic heterocycles. The monoisotopic (exact) mass is 368 g/mol. The van der Waals surface area contributed by atoms with Crippen molar-refractivity contribution < 1.29 is 23.1 Å². The Balaban J connectivity index is 2.11. The Morgan fingerprint density at radius 2 is 1.96 bits per heavy atom. The lowest BCUT2D eigenvalue weighted by Crippen LogP contribution is -2.42. The number of benzene rings is 1. The Morgan fingerprint density at radius 1 is 1.32 bits per heavy atom. The summed E-state index contributed by atoms with van der Waals surface area (Å²) in [6.45, 7) is 4.37. The largest absolute Gasteiger partial charge is 0.481 e. The molecule has 0 spiro atoms. The summed E-state index contributed by atoms with van der Waals surface area (Å²) in [5, 5.41) is 9.11. The standard InChI is InChI=1S/C17H24N2O5S/c1-3-12(2)18-25(23,24)15-8-6-13(7-9-15)16(20)19-10-4-5-14(11-19)17(21)22/h6-9,12,14,18H,3-5,10-11H2,1-2H3,(H,21,22)/t12?,14-/m0/s1. The molecule has 0 saturated carbocycles. The number of hydrogen-bond acceptors (Lipinski definition) is 4. The molecule has 1 aromatic rings. The fourth-order valence-corrected chi connectivity index (χ4v) is 4.07. The van der Waals surface area contributed by atoms with Gasteiger partial charge in [0, 0.05) is 24.7 Å². The molecular weight excluding hydrogens is 344 g/mol. The number of rotatable bonds is 6. The minimum Gasteiger partial charge on any atom is -0.481 e. The molecule has 2 atom stereocenters. The van der Waals surface area contributed by atoms with E-state index in [0.717, 1.165) is 0 Å². The zero-order chi connectivity index (χ0) is 18.6. The van der Waals surface area contributed by atoms with Crippen LogP contribution in [-0.4, -0.2) is 49.4 Å². The highest BCUT2D eigenvalue weighted by molar-refractivity contribution is 7.89.